The molecular formula is C20H20N2O3S. The molecule has 0 fully saturated rings. The standard InChI is InChI=1S/C20H20N2O3S/c1-4-25-20(24)16(14-7-8-17-18(10-14)22-26-21-17)11-19(23)15-6-5-12(2)13(3)9-15/h5-10,16H,4,11H2,1-3H3. The summed E-state index contributed by atoms with van der Waals surface area (Å²) < 4.78 is 13.6. The van der Waals surface area contributed by atoms with E-state index in [0.29, 0.717) is 5.56 Å². The van der Waals surface area contributed by atoms with Gasteiger partial charge in [-0.3, -0.25) is 9.59 Å². The maximum Gasteiger partial charge on any atom is 0.313 e. The third kappa shape index (κ3) is 3.80. The van der Waals surface area contributed by atoms with Crippen LogP contribution in [0.1, 0.15) is 46.3 Å². The van der Waals surface area contributed by atoms with Crippen LogP contribution < -0.4 is 0 Å². The Labute approximate surface area is 156 Å². The predicted molar refractivity (Wildman–Crippen MR) is 102 cm³/mol. The third-order valence-electron chi connectivity index (χ3n) is 4.47. The van der Waals surface area contributed by atoms with Gasteiger partial charge < -0.3 is 4.74 Å². The number of esters is 1. The topological polar surface area (TPSA) is 69.2 Å². The van der Waals surface area contributed by atoms with Crippen molar-refractivity contribution in [3.63, 3.8) is 0 Å². The van der Waals surface area contributed by atoms with Crippen molar-refractivity contribution in [2.24, 2.45) is 0 Å². The Kier molecular flexibility index (Phi) is 5.42. The first-order chi connectivity index (χ1) is 12.5. The number of benzene rings is 2. The fourth-order valence-corrected chi connectivity index (χ4v) is 3.33. The zero-order valence-electron chi connectivity index (χ0n) is 15.0. The van der Waals surface area contributed by atoms with Gasteiger partial charge >= 0.3 is 5.97 Å². The lowest BCUT2D eigenvalue weighted by Gasteiger charge is -2.16. The van der Waals surface area contributed by atoms with Gasteiger partial charge in [0.15, 0.2) is 5.78 Å². The van der Waals surface area contributed by atoms with Crippen LogP contribution >= 0.6 is 11.7 Å². The highest BCUT2D eigenvalue weighted by molar-refractivity contribution is 7.00. The summed E-state index contributed by atoms with van der Waals surface area (Å²) >= 11 is 1.12. The van der Waals surface area contributed by atoms with Crippen LogP contribution in [0.4, 0.5) is 0 Å². The van der Waals surface area contributed by atoms with Crippen LogP contribution in [0, 0.1) is 13.8 Å². The van der Waals surface area contributed by atoms with Gasteiger partial charge in [-0.15, -0.1) is 0 Å². The molecule has 3 aromatic rings. The lowest BCUT2D eigenvalue weighted by molar-refractivity contribution is -0.144. The first-order valence-electron chi connectivity index (χ1n) is 8.49. The average Bonchev–Trinajstić information content (AvgIpc) is 3.09. The van der Waals surface area contributed by atoms with Crippen LogP contribution in [0.3, 0.4) is 0 Å². The summed E-state index contributed by atoms with van der Waals surface area (Å²) in [4.78, 5) is 25.3. The van der Waals surface area contributed by atoms with Crippen LogP contribution in [0.2, 0.25) is 0 Å². The van der Waals surface area contributed by atoms with Gasteiger partial charge in [0.25, 0.3) is 0 Å². The van der Waals surface area contributed by atoms with Gasteiger partial charge in [0, 0.05) is 12.0 Å². The minimum Gasteiger partial charge on any atom is -0.466 e. The lowest BCUT2D eigenvalue weighted by atomic mass is 9.90. The molecule has 0 saturated heterocycles. The number of ketones is 1. The monoisotopic (exact) mass is 368 g/mol. The molecule has 1 unspecified atom stereocenters. The van der Waals surface area contributed by atoms with Crippen molar-refractivity contribution in [1.82, 2.24) is 8.75 Å². The van der Waals surface area contributed by atoms with Crippen molar-refractivity contribution < 1.29 is 14.3 Å². The minimum atomic E-state index is -0.657. The smallest absolute Gasteiger partial charge is 0.313 e. The normalized spacial score (nSPS) is 12.1. The average molecular weight is 368 g/mol. The number of hydrogen-bond acceptors (Lipinski definition) is 6. The minimum absolute atomic E-state index is 0.0599. The second-order valence-corrected chi connectivity index (χ2v) is 6.77. The quantitative estimate of drug-likeness (QED) is 0.481. The van der Waals surface area contributed by atoms with Gasteiger partial charge in [0.05, 0.1) is 24.3 Å². The Hall–Kier alpha value is -2.60. The van der Waals surface area contributed by atoms with Gasteiger partial charge in [-0.1, -0.05) is 18.2 Å². The fourth-order valence-electron chi connectivity index (χ4n) is 2.81. The molecule has 0 aliphatic carbocycles. The summed E-state index contributed by atoms with van der Waals surface area (Å²) in [5.41, 5.74) is 5.02. The number of aryl methyl sites for hydroxylation is 2. The van der Waals surface area contributed by atoms with E-state index in [2.05, 4.69) is 8.75 Å². The maximum absolute atomic E-state index is 12.8. The van der Waals surface area contributed by atoms with Crippen molar-refractivity contribution >= 4 is 34.5 Å². The molecule has 0 N–H and O–H groups in total. The molecule has 134 valence electrons. The lowest BCUT2D eigenvalue weighted by Crippen LogP contribution is -2.19. The Morgan fingerprint density at radius 3 is 2.54 bits per heavy atom. The molecule has 5 nitrogen and oxygen atoms in total. The summed E-state index contributed by atoms with van der Waals surface area (Å²) in [6.45, 7) is 6.00. The molecular weight excluding hydrogens is 348 g/mol. The highest BCUT2D eigenvalue weighted by Gasteiger charge is 2.26. The van der Waals surface area contributed by atoms with E-state index < -0.39 is 11.9 Å². The summed E-state index contributed by atoms with van der Waals surface area (Å²) in [6.07, 6.45) is 0.0599. The Morgan fingerprint density at radius 1 is 1.04 bits per heavy atom. The van der Waals surface area contributed by atoms with Crippen LogP contribution in [-0.4, -0.2) is 27.1 Å². The molecule has 0 amide bonds. The first kappa shape index (κ1) is 18.2. The molecule has 0 radical (unpaired) electrons. The molecule has 1 aromatic heterocycles. The molecule has 0 aliphatic heterocycles. The summed E-state index contributed by atoms with van der Waals surface area (Å²) in [5, 5.41) is 0. The van der Waals surface area contributed by atoms with Gasteiger partial charge in [0.2, 0.25) is 0 Å². The van der Waals surface area contributed by atoms with Crippen LogP contribution in [0.5, 0.6) is 0 Å². The number of ether oxygens (including phenoxy) is 1. The Morgan fingerprint density at radius 2 is 1.81 bits per heavy atom. The molecule has 2 aromatic carbocycles. The molecule has 26 heavy (non-hydrogen) atoms. The van der Waals surface area contributed by atoms with Crippen LogP contribution in [-0.2, 0) is 9.53 Å². The van der Waals surface area contributed by atoms with Crippen LogP contribution in [0.25, 0.3) is 11.0 Å². The molecule has 3 rings (SSSR count). The number of aromatic nitrogens is 2. The molecule has 0 bridgehead atoms. The number of carbonyl (C=O) groups excluding carboxylic acids is 2. The van der Waals surface area contributed by atoms with Crippen molar-refractivity contribution in [2.75, 3.05) is 6.61 Å². The largest absolute Gasteiger partial charge is 0.466 e. The van der Waals surface area contributed by atoms with E-state index in [-0.39, 0.29) is 18.8 Å². The number of Topliss-reactive ketones (excluding diaryl/α,β-unsaturated/α-hetero) is 1. The maximum atomic E-state index is 12.8. The zero-order chi connectivity index (χ0) is 18.7. The van der Waals surface area contributed by atoms with Crippen molar-refractivity contribution in [1.29, 1.82) is 0 Å². The van der Waals surface area contributed by atoms with Crippen LogP contribution in [0.15, 0.2) is 36.4 Å². The van der Waals surface area contributed by atoms with E-state index in [0.717, 1.165) is 39.5 Å². The molecule has 1 heterocycles. The fraction of sp³-hybridized carbons (Fsp3) is 0.300. The Balaban J connectivity index is 1.91. The second-order valence-electron chi connectivity index (χ2n) is 6.24. The number of fused-ring (bicyclic) bond motifs is 1. The second kappa shape index (κ2) is 7.74. The van der Waals surface area contributed by atoms with Crippen molar-refractivity contribution in [2.45, 2.75) is 33.1 Å². The summed E-state index contributed by atoms with van der Waals surface area (Å²) in [7, 11) is 0. The zero-order valence-corrected chi connectivity index (χ0v) is 15.8. The van der Waals surface area contributed by atoms with E-state index in [1.54, 1.807) is 13.0 Å². The molecule has 0 saturated carbocycles. The Bertz CT molecular complexity index is 965. The molecule has 0 spiro atoms. The van der Waals surface area contributed by atoms with E-state index in [1.807, 2.05) is 44.2 Å². The number of nitrogens with zero attached hydrogens (tertiary/aromatic N) is 2. The highest BCUT2D eigenvalue weighted by atomic mass is 32.1. The van der Waals surface area contributed by atoms with E-state index >= 15 is 0 Å². The van der Waals surface area contributed by atoms with Gasteiger partial charge in [-0.25, -0.2) is 0 Å². The summed E-state index contributed by atoms with van der Waals surface area (Å²) in [6, 6.07) is 11.1. The molecule has 6 heteroatoms. The third-order valence-corrected chi connectivity index (χ3v) is 5.03. The van der Waals surface area contributed by atoms with E-state index in [9.17, 15) is 9.59 Å². The predicted octanol–water partition coefficient (Wildman–Crippen LogP) is 4.23. The highest BCUT2D eigenvalue weighted by Crippen LogP contribution is 2.27. The van der Waals surface area contributed by atoms with E-state index in [1.165, 1.54) is 0 Å². The SMILES string of the molecule is CCOC(=O)C(CC(=O)c1ccc(C)c(C)c1)c1ccc2nsnc2c1. The van der Waals surface area contributed by atoms with Gasteiger partial charge in [0.1, 0.15) is 11.0 Å². The van der Waals surface area contributed by atoms with Gasteiger partial charge in [-0.2, -0.15) is 8.75 Å². The first-order valence-corrected chi connectivity index (χ1v) is 9.22. The number of carbonyl (C=O) groups is 2. The molecule has 1 atom stereocenters. The van der Waals surface area contributed by atoms with Crippen molar-refractivity contribution in [3.05, 3.63) is 58.7 Å². The van der Waals surface area contributed by atoms with E-state index in [4.69, 9.17) is 4.74 Å². The molecule has 0 aliphatic rings. The number of rotatable bonds is 6. The van der Waals surface area contributed by atoms with Crippen molar-refractivity contribution in [3.8, 4) is 0 Å². The summed E-state index contributed by atoms with van der Waals surface area (Å²) in [5.74, 6) is -1.13. The number of hydrogen-bond donors (Lipinski definition) is 0. The van der Waals surface area contributed by atoms with Gasteiger partial charge in [-0.05, 0) is 55.7 Å².